The van der Waals surface area contributed by atoms with E-state index in [4.69, 9.17) is 9.26 Å². The molecule has 118 valence electrons. The highest BCUT2D eigenvalue weighted by molar-refractivity contribution is 5.54. The van der Waals surface area contributed by atoms with Gasteiger partial charge in [-0.05, 0) is 24.2 Å². The maximum atomic E-state index is 5.41. The van der Waals surface area contributed by atoms with Gasteiger partial charge in [0.1, 0.15) is 0 Å². The molecule has 0 aliphatic carbocycles. The minimum Gasteiger partial charge on any atom is -0.380 e. The average molecular weight is 302 g/mol. The summed E-state index contributed by atoms with van der Waals surface area (Å²) in [7, 11) is 0. The van der Waals surface area contributed by atoms with Crippen LogP contribution in [0.1, 0.15) is 6.92 Å². The van der Waals surface area contributed by atoms with Crippen LogP contribution in [0.4, 0.5) is 5.95 Å². The minimum atomic E-state index is 0.578. The Morgan fingerprint density at radius 1 is 1.14 bits per heavy atom. The average Bonchev–Trinajstić information content (AvgIpc) is 3.07. The topological polar surface area (TPSA) is 54.6 Å². The van der Waals surface area contributed by atoms with Crippen molar-refractivity contribution < 1.29 is 9.26 Å². The number of nitrogens with zero attached hydrogens (tertiary/aromatic N) is 4. The van der Waals surface area contributed by atoms with Crippen LogP contribution < -0.4 is 4.90 Å². The minimum absolute atomic E-state index is 0.578. The monoisotopic (exact) mass is 302 g/mol. The summed E-state index contributed by atoms with van der Waals surface area (Å²) in [6.45, 7) is 8.44. The van der Waals surface area contributed by atoms with E-state index in [1.165, 1.54) is 0 Å². The van der Waals surface area contributed by atoms with Gasteiger partial charge in [-0.2, -0.15) is 4.98 Å². The van der Waals surface area contributed by atoms with E-state index < -0.39 is 0 Å². The number of hydrogen-bond donors (Lipinski definition) is 0. The Morgan fingerprint density at radius 3 is 2.64 bits per heavy atom. The lowest BCUT2D eigenvalue weighted by atomic mass is 10.2. The summed E-state index contributed by atoms with van der Waals surface area (Å²) in [6, 6.07) is 9.86. The van der Waals surface area contributed by atoms with Gasteiger partial charge >= 0.3 is 0 Å². The van der Waals surface area contributed by atoms with Crippen molar-refractivity contribution in [1.82, 2.24) is 15.0 Å². The first kappa shape index (κ1) is 15.0. The third-order valence-corrected chi connectivity index (χ3v) is 3.85. The van der Waals surface area contributed by atoms with Gasteiger partial charge in [-0.25, -0.2) is 0 Å². The fourth-order valence-electron chi connectivity index (χ4n) is 2.55. The van der Waals surface area contributed by atoms with Gasteiger partial charge in [-0.3, -0.25) is 4.90 Å². The van der Waals surface area contributed by atoms with Crippen molar-refractivity contribution in [2.75, 3.05) is 50.8 Å². The van der Waals surface area contributed by atoms with E-state index >= 15 is 0 Å². The summed E-state index contributed by atoms with van der Waals surface area (Å²) in [5.41, 5.74) is 0.955. The lowest BCUT2D eigenvalue weighted by Gasteiger charge is -2.33. The second kappa shape index (κ2) is 7.38. The fourth-order valence-corrected chi connectivity index (χ4v) is 2.55. The Hall–Kier alpha value is -1.92. The third kappa shape index (κ3) is 3.64. The zero-order valence-corrected chi connectivity index (χ0v) is 12.9. The second-order valence-electron chi connectivity index (χ2n) is 5.29. The number of piperazine rings is 1. The first-order valence-corrected chi connectivity index (χ1v) is 7.81. The maximum Gasteiger partial charge on any atom is 0.266 e. The molecule has 0 amide bonds. The molecule has 0 spiro atoms. The van der Waals surface area contributed by atoms with Crippen LogP contribution in [-0.2, 0) is 4.74 Å². The SMILES string of the molecule is CCOCCN1CCN(c2noc(-c3ccccc3)n2)CC1. The van der Waals surface area contributed by atoms with Crippen LogP contribution in [-0.4, -0.2) is 61.0 Å². The Balaban J connectivity index is 1.55. The lowest BCUT2D eigenvalue weighted by Crippen LogP contribution is -2.47. The molecule has 22 heavy (non-hydrogen) atoms. The molecule has 2 heterocycles. The molecule has 1 aliphatic heterocycles. The number of ether oxygens (including phenoxy) is 1. The number of anilines is 1. The third-order valence-electron chi connectivity index (χ3n) is 3.85. The van der Waals surface area contributed by atoms with Crippen molar-refractivity contribution in [2.45, 2.75) is 6.92 Å². The summed E-state index contributed by atoms with van der Waals surface area (Å²) in [4.78, 5) is 9.09. The molecule has 1 aromatic carbocycles. The van der Waals surface area contributed by atoms with Gasteiger partial charge in [-0.15, -0.1) is 0 Å². The summed E-state index contributed by atoms with van der Waals surface area (Å²) >= 11 is 0. The first-order valence-electron chi connectivity index (χ1n) is 7.81. The van der Waals surface area contributed by atoms with Crippen molar-refractivity contribution in [2.24, 2.45) is 0 Å². The molecular weight excluding hydrogens is 280 g/mol. The normalized spacial score (nSPS) is 16.1. The number of hydrogen-bond acceptors (Lipinski definition) is 6. The molecule has 1 aliphatic rings. The highest BCUT2D eigenvalue weighted by atomic mass is 16.5. The van der Waals surface area contributed by atoms with Crippen LogP contribution >= 0.6 is 0 Å². The molecule has 1 fully saturated rings. The molecule has 0 unspecified atom stereocenters. The molecule has 2 aromatic rings. The summed E-state index contributed by atoms with van der Waals surface area (Å²) in [5, 5.41) is 4.11. The molecule has 6 nitrogen and oxygen atoms in total. The predicted molar refractivity (Wildman–Crippen MR) is 84.9 cm³/mol. The molecule has 0 atom stereocenters. The molecule has 0 radical (unpaired) electrons. The zero-order valence-electron chi connectivity index (χ0n) is 12.9. The highest BCUT2D eigenvalue weighted by Gasteiger charge is 2.21. The van der Waals surface area contributed by atoms with E-state index in [1.54, 1.807) is 0 Å². The van der Waals surface area contributed by atoms with E-state index in [-0.39, 0.29) is 0 Å². The molecule has 6 heteroatoms. The van der Waals surface area contributed by atoms with Crippen molar-refractivity contribution in [3.8, 4) is 11.5 Å². The van der Waals surface area contributed by atoms with E-state index in [0.29, 0.717) is 11.8 Å². The van der Waals surface area contributed by atoms with Crippen molar-refractivity contribution in [3.05, 3.63) is 30.3 Å². The molecule has 0 saturated carbocycles. The Kier molecular flexibility index (Phi) is 5.03. The zero-order chi connectivity index (χ0) is 15.2. The summed E-state index contributed by atoms with van der Waals surface area (Å²) < 4.78 is 10.8. The Bertz CT molecular complexity index is 565. The summed E-state index contributed by atoms with van der Waals surface area (Å²) in [6.07, 6.45) is 0. The largest absolute Gasteiger partial charge is 0.380 e. The van der Waals surface area contributed by atoms with Crippen molar-refractivity contribution in [1.29, 1.82) is 0 Å². The number of benzene rings is 1. The van der Waals surface area contributed by atoms with Crippen LogP contribution in [0.5, 0.6) is 0 Å². The van der Waals surface area contributed by atoms with Crippen LogP contribution in [0.15, 0.2) is 34.9 Å². The van der Waals surface area contributed by atoms with Crippen molar-refractivity contribution in [3.63, 3.8) is 0 Å². The Labute approximate surface area is 130 Å². The fraction of sp³-hybridized carbons (Fsp3) is 0.500. The predicted octanol–water partition coefficient (Wildman–Crippen LogP) is 1.90. The molecule has 0 bridgehead atoms. The molecular formula is C16H22N4O2. The van der Waals surface area contributed by atoms with E-state index in [1.807, 2.05) is 37.3 Å². The van der Waals surface area contributed by atoms with Gasteiger partial charge in [0, 0.05) is 44.9 Å². The van der Waals surface area contributed by atoms with Crippen LogP contribution in [0.2, 0.25) is 0 Å². The molecule has 1 saturated heterocycles. The smallest absolute Gasteiger partial charge is 0.266 e. The van der Waals surface area contributed by atoms with Crippen LogP contribution in [0.25, 0.3) is 11.5 Å². The second-order valence-corrected chi connectivity index (χ2v) is 5.29. The summed E-state index contributed by atoms with van der Waals surface area (Å²) in [5.74, 6) is 1.26. The lowest BCUT2D eigenvalue weighted by molar-refractivity contribution is 0.111. The first-order chi connectivity index (χ1) is 10.9. The maximum absolute atomic E-state index is 5.41. The number of rotatable bonds is 6. The van der Waals surface area contributed by atoms with Crippen LogP contribution in [0, 0.1) is 0 Å². The Morgan fingerprint density at radius 2 is 1.91 bits per heavy atom. The molecule has 1 aromatic heterocycles. The molecule has 0 N–H and O–H groups in total. The van der Waals surface area contributed by atoms with E-state index in [0.717, 1.165) is 51.5 Å². The van der Waals surface area contributed by atoms with Crippen molar-refractivity contribution >= 4 is 5.95 Å². The highest BCUT2D eigenvalue weighted by Crippen LogP contribution is 2.20. The van der Waals surface area contributed by atoms with Gasteiger partial charge in [0.05, 0.1) is 6.61 Å². The number of aromatic nitrogens is 2. The van der Waals surface area contributed by atoms with Gasteiger partial charge in [0.2, 0.25) is 0 Å². The van der Waals surface area contributed by atoms with Gasteiger partial charge in [0.25, 0.3) is 11.8 Å². The van der Waals surface area contributed by atoms with Gasteiger partial charge in [-0.1, -0.05) is 18.2 Å². The van der Waals surface area contributed by atoms with Gasteiger partial charge in [0.15, 0.2) is 0 Å². The van der Waals surface area contributed by atoms with E-state index in [2.05, 4.69) is 19.9 Å². The van der Waals surface area contributed by atoms with Crippen LogP contribution in [0.3, 0.4) is 0 Å². The van der Waals surface area contributed by atoms with E-state index in [9.17, 15) is 0 Å². The standard InChI is InChI=1S/C16H22N4O2/c1-2-21-13-12-19-8-10-20(11-9-19)16-17-15(22-18-16)14-6-4-3-5-7-14/h3-7H,2,8-13H2,1H3. The molecule has 3 rings (SSSR count). The van der Waals surface area contributed by atoms with Gasteiger partial charge < -0.3 is 14.2 Å². The quantitative estimate of drug-likeness (QED) is 0.760.